The molecule has 2 heterocycles. The minimum Gasteiger partial charge on any atom is -0.375 e. The first-order chi connectivity index (χ1) is 10.4. The Morgan fingerprint density at radius 1 is 1.05 bits per heavy atom. The second kappa shape index (κ2) is 5.10. The van der Waals surface area contributed by atoms with Gasteiger partial charge in [0.25, 0.3) is 0 Å². The van der Waals surface area contributed by atoms with Crippen molar-refractivity contribution in [2.24, 2.45) is 0 Å². The summed E-state index contributed by atoms with van der Waals surface area (Å²) >= 11 is 0. The molecule has 0 aliphatic carbocycles. The Kier molecular flexibility index (Phi) is 3.37. The van der Waals surface area contributed by atoms with Crippen molar-refractivity contribution in [2.45, 2.75) is 18.3 Å². The number of rotatable bonds is 3. The maximum atomic E-state index is 13.5. The van der Waals surface area contributed by atoms with Crippen LogP contribution in [-0.2, 0) is 12.1 Å². The molecule has 0 bridgehead atoms. The molecule has 0 spiro atoms. The van der Waals surface area contributed by atoms with Crippen LogP contribution in [0, 0.1) is 0 Å². The third-order valence-corrected chi connectivity index (χ3v) is 3.51. The number of hydrogen-bond donors (Lipinski definition) is 1. The summed E-state index contributed by atoms with van der Waals surface area (Å²) in [6.45, 7) is -0.740. The highest BCUT2D eigenvalue weighted by molar-refractivity contribution is 5.73. The monoisotopic (exact) mass is 307 g/mol. The normalized spacial score (nSPS) is 14.9. The molecule has 3 aromatic rings. The molecule has 1 aromatic carbocycles. The van der Waals surface area contributed by atoms with Crippen LogP contribution < -0.4 is 0 Å². The Bertz CT molecular complexity index is 785. The van der Waals surface area contributed by atoms with E-state index in [0.717, 1.165) is 4.68 Å². The molecule has 1 N–H and O–H groups in total. The van der Waals surface area contributed by atoms with Crippen LogP contribution in [0.5, 0.6) is 0 Å². The zero-order valence-corrected chi connectivity index (χ0v) is 11.3. The van der Waals surface area contributed by atoms with Crippen LogP contribution in [0.2, 0.25) is 0 Å². The number of halogens is 3. The number of nitrogens with zero attached hydrogens (tertiary/aromatic N) is 3. The van der Waals surface area contributed by atoms with E-state index in [1.807, 2.05) is 0 Å². The van der Waals surface area contributed by atoms with Crippen LogP contribution in [-0.4, -0.2) is 26.0 Å². The van der Waals surface area contributed by atoms with Gasteiger partial charge in [-0.25, -0.2) is 0 Å². The fraction of sp³-hybridized carbons (Fsp3) is 0.200. The van der Waals surface area contributed by atoms with E-state index in [2.05, 4.69) is 10.1 Å². The fourth-order valence-corrected chi connectivity index (χ4v) is 2.31. The fourth-order valence-electron chi connectivity index (χ4n) is 2.31. The van der Waals surface area contributed by atoms with Gasteiger partial charge in [0.2, 0.25) is 5.60 Å². The lowest BCUT2D eigenvalue weighted by Crippen LogP contribution is -2.46. The van der Waals surface area contributed by atoms with E-state index < -0.39 is 18.3 Å². The predicted molar refractivity (Wildman–Crippen MR) is 73.9 cm³/mol. The van der Waals surface area contributed by atoms with Crippen LogP contribution >= 0.6 is 0 Å². The summed E-state index contributed by atoms with van der Waals surface area (Å²) in [5.41, 5.74) is -2.35. The van der Waals surface area contributed by atoms with Crippen LogP contribution in [0.3, 0.4) is 0 Å². The SMILES string of the molecule is OC(Cn1ncc2ncccc21)(c1ccccc1)C(F)(F)F. The third kappa shape index (κ3) is 2.33. The lowest BCUT2D eigenvalue weighted by Gasteiger charge is -2.31. The molecule has 1 atom stereocenters. The van der Waals surface area contributed by atoms with E-state index in [-0.39, 0.29) is 5.56 Å². The smallest absolute Gasteiger partial charge is 0.375 e. The first-order valence-electron chi connectivity index (χ1n) is 6.53. The van der Waals surface area contributed by atoms with Crippen LogP contribution in [0.1, 0.15) is 5.56 Å². The molecule has 0 saturated heterocycles. The summed E-state index contributed by atoms with van der Waals surface area (Å²) < 4.78 is 41.5. The summed E-state index contributed by atoms with van der Waals surface area (Å²) in [5, 5.41) is 14.3. The van der Waals surface area contributed by atoms with Gasteiger partial charge in [-0.1, -0.05) is 30.3 Å². The maximum Gasteiger partial charge on any atom is 0.423 e. The van der Waals surface area contributed by atoms with Gasteiger partial charge >= 0.3 is 6.18 Å². The number of alkyl halides is 3. The summed E-state index contributed by atoms with van der Waals surface area (Å²) in [5.74, 6) is 0. The highest BCUT2D eigenvalue weighted by Crippen LogP contribution is 2.40. The Morgan fingerprint density at radius 2 is 1.77 bits per heavy atom. The van der Waals surface area contributed by atoms with E-state index in [1.165, 1.54) is 36.7 Å². The van der Waals surface area contributed by atoms with E-state index in [1.54, 1.807) is 18.2 Å². The summed E-state index contributed by atoms with van der Waals surface area (Å²) in [4.78, 5) is 4.02. The Labute approximate surface area is 123 Å². The van der Waals surface area contributed by atoms with Gasteiger partial charge in [0.15, 0.2) is 0 Å². The molecule has 0 amide bonds. The van der Waals surface area contributed by atoms with Gasteiger partial charge in [0.05, 0.1) is 18.3 Å². The molecule has 4 nitrogen and oxygen atoms in total. The van der Waals surface area contributed by atoms with Crippen molar-refractivity contribution in [1.82, 2.24) is 14.8 Å². The van der Waals surface area contributed by atoms with Gasteiger partial charge in [-0.05, 0) is 17.7 Å². The van der Waals surface area contributed by atoms with Gasteiger partial charge in [-0.2, -0.15) is 18.3 Å². The molecule has 0 aliphatic rings. The van der Waals surface area contributed by atoms with Crippen molar-refractivity contribution < 1.29 is 18.3 Å². The molecule has 3 rings (SSSR count). The van der Waals surface area contributed by atoms with Crippen molar-refractivity contribution in [3.05, 3.63) is 60.4 Å². The highest BCUT2D eigenvalue weighted by atomic mass is 19.4. The quantitative estimate of drug-likeness (QED) is 0.809. The van der Waals surface area contributed by atoms with Gasteiger partial charge < -0.3 is 5.11 Å². The molecule has 0 radical (unpaired) electrons. The Hall–Kier alpha value is -2.41. The second-order valence-corrected chi connectivity index (χ2v) is 4.93. The molecule has 7 heteroatoms. The van der Waals surface area contributed by atoms with Crippen molar-refractivity contribution >= 4 is 11.0 Å². The zero-order valence-electron chi connectivity index (χ0n) is 11.3. The molecular formula is C15H12F3N3O. The Balaban J connectivity index is 2.09. The van der Waals surface area contributed by atoms with Gasteiger partial charge in [-0.15, -0.1) is 0 Å². The number of benzene rings is 1. The molecule has 2 aromatic heterocycles. The van der Waals surface area contributed by atoms with Gasteiger partial charge in [-0.3, -0.25) is 9.67 Å². The number of pyridine rings is 1. The molecular weight excluding hydrogens is 295 g/mol. The number of aromatic nitrogens is 3. The van der Waals surface area contributed by atoms with Crippen molar-refractivity contribution in [2.75, 3.05) is 0 Å². The topological polar surface area (TPSA) is 50.9 Å². The minimum absolute atomic E-state index is 0.227. The van der Waals surface area contributed by atoms with Gasteiger partial charge in [0.1, 0.15) is 5.52 Å². The van der Waals surface area contributed by atoms with Crippen LogP contribution in [0.4, 0.5) is 13.2 Å². The first-order valence-corrected chi connectivity index (χ1v) is 6.53. The van der Waals surface area contributed by atoms with Gasteiger partial charge in [0, 0.05) is 6.20 Å². The highest BCUT2D eigenvalue weighted by Gasteiger charge is 2.55. The maximum absolute atomic E-state index is 13.5. The predicted octanol–water partition coefficient (Wildman–Crippen LogP) is 2.88. The van der Waals surface area contributed by atoms with Crippen LogP contribution in [0.15, 0.2) is 54.9 Å². The lowest BCUT2D eigenvalue weighted by molar-refractivity contribution is -0.272. The van der Waals surface area contributed by atoms with E-state index >= 15 is 0 Å². The average molecular weight is 307 g/mol. The standard InChI is InChI=1S/C15H12F3N3O/c16-15(17,18)14(22,11-5-2-1-3-6-11)10-21-13-7-4-8-19-12(13)9-20-21/h1-9,22H,10H2. The van der Waals surface area contributed by atoms with E-state index in [9.17, 15) is 18.3 Å². The average Bonchev–Trinajstić information content (AvgIpc) is 2.90. The van der Waals surface area contributed by atoms with Crippen molar-refractivity contribution in [3.8, 4) is 0 Å². The second-order valence-electron chi connectivity index (χ2n) is 4.93. The Morgan fingerprint density at radius 3 is 2.45 bits per heavy atom. The number of aliphatic hydroxyl groups is 1. The minimum atomic E-state index is -4.84. The summed E-state index contributed by atoms with van der Waals surface area (Å²) in [6, 6.07) is 10.2. The lowest BCUT2D eigenvalue weighted by atomic mass is 9.93. The molecule has 0 fully saturated rings. The van der Waals surface area contributed by atoms with E-state index in [4.69, 9.17) is 0 Å². The first kappa shape index (κ1) is 14.5. The van der Waals surface area contributed by atoms with Crippen molar-refractivity contribution in [3.63, 3.8) is 0 Å². The number of fused-ring (bicyclic) bond motifs is 1. The molecule has 114 valence electrons. The molecule has 1 unspecified atom stereocenters. The van der Waals surface area contributed by atoms with E-state index in [0.29, 0.717) is 11.0 Å². The molecule has 22 heavy (non-hydrogen) atoms. The third-order valence-electron chi connectivity index (χ3n) is 3.51. The number of hydrogen-bond acceptors (Lipinski definition) is 3. The largest absolute Gasteiger partial charge is 0.423 e. The summed E-state index contributed by atoms with van der Waals surface area (Å²) in [7, 11) is 0. The van der Waals surface area contributed by atoms with Crippen LogP contribution in [0.25, 0.3) is 11.0 Å². The molecule has 0 saturated carbocycles. The summed E-state index contributed by atoms with van der Waals surface area (Å²) in [6.07, 6.45) is -1.94. The zero-order chi connectivity index (χ0) is 15.8. The van der Waals surface area contributed by atoms with Crippen molar-refractivity contribution in [1.29, 1.82) is 0 Å². The molecule has 0 aliphatic heterocycles.